The molecule has 1 atom stereocenters. The van der Waals surface area contributed by atoms with Crippen LogP contribution in [0.2, 0.25) is 0 Å². The fraction of sp³-hybridized carbons (Fsp3) is 0.625. The van der Waals surface area contributed by atoms with Gasteiger partial charge >= 0.3 is 0 Å². The Hall–Kier alpha value is -0.970. The lowest BCUT2D eigenvalue weighted by atomic mass is 10.2. The molecule has 2 N–H and O–H groups in total. The first-order valence-corrected chi connectivity index (χ1v) is 4.19. The summed E-state index contributed by atoms with van der Waals surface area (Å²) in [6.07, 6.45) is 2.87. The van der Waals surface area contributed by atoms with E-state index in [2.05, 4.69) is 4.98 Å². The molecule has 13 heavy (non-hydrogen) atoms. The van der Waals surface area contributed by atoms with Crippen molar-refractivity contribution in [2.24, 2.45) is 5.73 Å². The highest BCUT2D eigenvalue weighted by Crippen LogP contribution is 2.56. The molecule has 0 saturated heterocycles. The monoisotopic (exact) mass is 187 g/mol. The molecule has 0 aliphatic heterocycles. The first-order valence-electron chi connectivity index (χ1n) is 4.19. The summed E-state index contributed by atoms with van der Waals surface area (Å²) in [7, 11) is 0. The van der Waals surface area contributed by atoms with Gasteiger partial charge in [-0.1, -0.05) is 0 Å². The average molecular weight is 187 g/mol. The van der Waals surface area contributed by atoms with Gasteiger partial charge in [0.2, 0.25) is 0 Å². The van der Waals surface area contributed by atoms with E-state index in [1.54, 1.807) is 10.8 Å². The van der Waals surface area contributed by atoms with Gasteiger partial charge in [0.05, 0.1) is 0 Å². The normalized spacial score (nSPS) is 30.5. The number of aromatic nitrogens is 2. The van der Waals surface area contributed by atoms with E-state index in [-0.39, 0.29) is 6.42 Å². The maximum atomic E-state index is 12.9. The Balaban J connectivity index is 2.37. The molecular formula is C8H11F2N3. The summed E-state index contributed by atoms with van der Waals surface area (Å²) in [6, 6.07) is 0. The number of rotatable bonds is 2. The van der Waals surface area contributed by atoms with E-state index in [1.807, 2.05) is 6.92 Å². The van der Waals surface area contributed by atoms with Gasteiger partial charge in [0.15, 0.2) is 0 Å². The van der Waals surface area contributed by atoms with E-state index in [0.29, 0.717) is 12.4 Å². The Kier molecular flexibility index (Phi) is 1.52. The van der Waals surface area contributed by atoms with Crippen molar-refractivity contribution in [1.29, 1.82) is 0 Å². The molecule has 2 rings (SSSR count). The van der Waals surface area contributed by atoms with E-state index < -0.39 is 11.5 Å². The molecule has 1 aliphatic carbocycles. The molecule has 1 aromatic rings. The van der Waals surface area contributed by atoms with E-state index in [9.17, 15) is 8.78 Å². The van der Waals surface area contributed by atoms with Gasteiger partial charge in [-0.2, -0.15) is 0 Å². The zero-order chi connectivity index (χ0) is 9.69. The van der Waals surface area contributed by atoms with E-state index in [1.165, 1.54) is 6.20 Å². The molecule has 3 nitrogen and oxygen atoms in total. The largest absolute Gasteiger partial charge is 0.333 e. The fourth-order valence-corrected chi connectivity index (χ4v) is 1.50. The van der Waals surface area contributed by atoms with Gasteiger partial charge in [-0.15, -0.1) is 0 Å². The van der Waals surface area contributed by atoms with Crippen LogP contribution in [0, 0.1) is 0 Å². The van der Waals surface area contributed by atoms with Crippen molar-refractivity contribution in [2.45, 2.75) is 31.4 Å². The Morgan fingerprint density at radius 1 is 1.69 bits per heavy atom. The van der Waals surface area contributed by atoms with Crippen LogP contribution in [-0.2, 0) is 12.1 Å². The molecule has 72 valence electrons. The Morgan fingerprint density at radius 2 is 2.31 bits per heavy atom. The first-order chi connectivity index (χ1) is 6.01. The summed E-state index contributed by atoms with van der Waals surface area (Å²) in [5.41, 5.74) is 4.01. The third-order valence-electron chi connectivity index (χ3n) is 2.48. The lowest BCUT2D eigenvalue weighted by Gasteiger charge is -2.11. The average Bonchev–Trinajstić information content (AvgIpc) is 2.53. The number of halogens is 2. The van der Waals surface area contributed by atoms with E-state index in [0.717, 1.165) is 0 Å². The molecule has 0 spiro atoms. The first kappa shape index (κ1) is 8.62. The standard InChI is InChI=1S/C8H11F2N3/c1-2-13-4-3-12-6(13)7(11)5-8(7,9)10/h3-4H,2,5,11H2,1H3. The van der Waals surface area contributed by atoms with E-state index in [4.69, 9.17) is 5.73 Å². The number of hydrogen-bond acceptors (Lipinski definition) is 2. The quantitative estimate of drug-likeness (QED) is 0.753. The molecular weight excluding hydrogens is 176 g/mol. The summed E-state index contributed by atoms with van der Waals surface area (Å²) >= 11 is 0. The fourth-order valence-electron chi connectivity index (χ4n) is 1.50. The van der Waals surface area contributed by atoms with Gasteiger partial charge in [0, 0.05) is 25.4 Å². The topological polar surface area (TPSA) is 43.8 Å². The van der Waals surface area contributed by atoms with Crippen molar-refractivity contribution in [3.05, 3.63) is 18.2 Å². The molecule has 1 heterocycles. The molecule has 0 bridgehead atoms. The van der Waals surface area contributed by atoms with E-state index >= 15 is 0 Å². The lowest BCUT2D eigenvalue weighted by Crippen LogP contribution is -2.30. The number of hydrogen-bond donors (Lipinski definition) is 1. The Bertz CT molecular complexity index is 334. The molecule has 1 aliphatic rings. The molecule has 0 radical (unpaired) electrons. The van der Waals surface area contributed by atoms with Gasteiger partial charge in [-0.05, 0) is 6.92 Å². The van der Waals surface area contributed by atoms with Crippen LogP contribution in [-0.4, -0.2) is 15.5 Å². The maximum Gasteiger partial charge on any atom is 0.275 e. The second-order valence-electron chi connectivity index (χ2n) is 3.39. The highest BCUT2D eigenvalue weighted by Gasteiger charge is 2.72. The van der Waals surface area contributed by atoms with Crippen molar-refractivity contribution in [3.63, 3.8) is 0 Å². The van der Waals surface area contributed by atoms with Crippen LogP contribution in [0.25, 0.3) is 0 Å². The molecule has 1 fully saturated rings. The number of nitrogens with two attached hydrogens (primary N) is 1. The smallest absolute Gasteiger partial charge is 0.275 e. The number of aryl methyl sites for hydroxylation is 1. The highest BCUT2D eigenvalue weighted by molar-refractivity contribution is 5.26. The van der Waals surface area contributed by atoms with Crippen molar-refractivity contribution in [1.82, 2.24) is 9.55 Å². The van der Waals surface area contributed by atoms with Crippen LogP contribution < -0.4 is 5.73 Å². The minimum absolute atomic E-state index is 0.292. The summed E-state index contributed by atoms with van der Waals surface area (Å²) in [5, 5.41) is 0. The summed E-state index contributed by atoms with van der Waals surface area (Å²) in [6.45, 7) is 2.49. The van der Waals surface area contributed by atoms with Crippen molar-refractivity contribution in [3.8, 4) is 0 Å². The molecule has 0 aromatic carbocycles. The predicted octanol–water partition coefficient (Wildman–Crippen LogP) is 1.10. The molecule has 5 heteroatoms. The Labute approximate surface area is 74.6 Å². The van der Waals surface area contributed by atoms with Gasteiger partial charge < -0.3 is 10.3 Å². The molecule has 1 unspecified atom stereocenters. The minimum atomic E-state index is -2.79. The van der Waals surface area contributed by atoms with Crippen LogP contribution in [0.5, 0.6) is 0 Å². The molecule has 1 aromatic heterocycles. The van der Waals surface area contributed by atoms with Gasteiger partial charge in [0.25, 0.3) is 5.92 Å². The van der Waals surface area contributed by atoms with Crippen LogP contribution in [0.3, 0.4) is 0 Å². The predicted molar refractivity (Wildman–Crippen MR) is 43.3 cm³/mol. The SMILES string of the molecule is CCn1ccnc1C1(N)CC1(F)F. The maximum absolute atomic E-state index is 12.9. The zero-order valence-electron chi connectivity index (χ0n) is 7.30. The summed E-state index contributed by atoms with van der Waals surface area (Å²) in [5.74, 6) is -2.49. The Morgan fingerprint density at radius 3 is 2.77 bits per heavy atom. The second kappa shape index (κ2) is 2.29. The molecule has 1 saturated carbocycles. The second-order valence-corrected chi connectivity index (χ2v) is 3.39. The van der Waals surface area contributed by atoms with Gasteiger partial charge in [-0.3, -0.25) is 0 Å². The molecule has 0 amide bonds. The number of imidazole rings is 1. The van der Waals surface area contributed by atoms with Crippen molar-refractivity contribution >= 4 is 0 Å². The lowest BCUT2D eigenvalue weighted by molar-refractivity contribution is 0.0860. The van der Waals surface area contributed by atoms with Crippen molar-refractivity contribution < 1.29 is 8.78 Å². The van der Waals surface area contributed by atoms with Crippen LogP contribution in [0.4, 0.5) is 8.78 Å². The number of alkyl halides is 2. The summed E-state index contributed by atoms with van der Waals surface area (Å²) in [4.78, 5) is 3.87. The number of nitrogens with zero attached hydrogens (tertiary/aromatic N) is 2. The third-order valence-corrected chi connectivity index (χ3v) is 2.48. The van der Waals surface area contributed by atoms with Crippen LogP contribution in [0.15, 0.2) is 12.4 Å². The van der Waals surface area contributed by atoms with Gasteiger partial charge in [-0.25, -0.2) is 13.8 Å². The highest BCUT2D eigenvalue weighted by atomic mass is 19.3. The van der Waals surface area contributed by atoms with Crippen LogP contribution in [0.1, 0.15) is 19.2 Å². The zero-order valence-corrected chi connectivity index (χ0v) is 7.30. The van der Waals surface area contributed by atoms with Gasteiger partial charge in [0.1, 0.15) is 11.4 Å². The summed E-state index contributed by atoms with van der Waals surface area (Å²) < 4.78 is 27.4. The van der Waals surface area contributed by atoms with Crippen molar-refractivity contribution in [2.75, 3.05) is 0 Å². The van der Waals surface area contributed by atoms with Crippen LogP contribution >= 0.6 is 0 Å². The third kappa shape index (κ3) is 0.997. The minimum Gasteiger partial charge on any atom is -0.333 e.